The lowest BCUT2D eigenvalue weighted by Crippen LogP contribution is -2.39. The number of esters is 1. The van der Waals surface area contributed by atoms with Crippen LogP contribution in [0.2, 0.25) is 0 Å². The average Bonchev–Trinajstić information content (AvgIpc) is 2.65. The van der Waals surface area contributed by atoms with Gasteiger partial charge in [0.05, 0.1) is 5.92 Å². The Labute approximate surface area is 171 Å². The number of hydrogen-bond donors (Lipinski definition) is 1. The lowest BCUT2D eigenvalue weighted by atomic mass is 9.67. The van der Waals surface area contributed by atoms with Crippen LogP contribution < -0.4 is 5.32 Å². The van der Waals surface area contributed by atoms with Gasteiger partial charge in [-0.25, -0.2) is 0 Å². The van der Waals surface area contributed by atoms with Crippen molar-refractivity contribution in [2.24, 2.45) is 23.2 Å². The topological polar surface area (TPSA) is 89.5 Å². The summed E-state index contributed by atoms with van der Waals surface area (Å²) < 4.78 is 5.27. The normalized spacial score (nSPS) is 24.0. The van der Waals surface area contributed by atoms with E-state index in [4.69, 9.17) is 4.74 Å². The lowest BCUT2D eigenvalue weighted by molar-refractivity contribution is -0.152. The van der Waals surface area contributed by atoms with Gasteiger partial charge >= 0.3 is 5.97 Å². The fraction of sp³-hybridized carbons (Fsp3) is 0.565. The van der Waals surface area contributed by atoms with Gasteiger partial charge in [-0.3, -0.25) is 19.2 Å². The predicted octanol–water partition coefficient (Wildman–Crippen LogP) is 3.79. The van der Waals surface area contributed by atoms with Gasteiger partial charge in [0.15, 0.2) is 12.4 Å². The molecule has 2 aliphatic carbocycles. The molecule has 156 valence electrons. The van der Waals surface area contributed by atoms with E-state index in [2.05, 4.69) is 5.32 Å². The number of carbonyl (C=O) groups excluding carboxylic acids is 4. The Morgan fingerprint density at radius 1 is 1.03 bits per heavy atom. The van der Waals surface area contributed by atoms with Gasteiger partial charge in [0.2, 0.25) is 5.91 Å². The molecular formula is C23H29NO5. The molecule has 0 spiro atoms. The van der Waals surface area contributed by atoms with E-state index in [9.17, 15) is 19.2 Å². The van der Waals surface area contributed by atoms with Crippen molar-refractivity contribution in [1.82, 2.24) is 0 Å². The molecule has 1 amide bonds. The minimum atomic E-state index is -0.509. The Hall–Kier alpha value is -2.50. The number of Topliss-reactive ketones (excluding diaryl/α,β-unsaturated/α-hetero) is 2. The van der Waals surface area contributed by atoms with Crippen LogP contribution >= 0.6 is 0 Å². The van der Waals surface area contributed by atoms with Crippen molar-refractivity contribution >= 4 is 29.1 Å². The van der Waals surface area contributed by atoms with Crippen molar-refractivity contribution in [2.45, 2.75) is 52.9 Å². The predicted molar refractivity (Wildman–Crippen MR) is 108 cm³/mol. The first-order valence-electron chi connectivity index (χ1n) is 10.3. The molecule has 6 nitrogen and oxygen atoms in total. The summed E-state index contributed by atoms with van der Waals surface area (Å²) in [7, 11) is 0. The van der Waals surface area contributed by atoms with Crippen molar-refractivity contribution in [3.05, 3.63) is 29.8 Å². The second kappa shape index (κ2) is 8.47. The summed E-state index contributed by atoms with van der Waals surface area (Å²) >= 11 is 0. The van der Waals surface area contributed by atoms with E-state index in [1.165, 1.54) is 0 Å². The summed E-state index contributed by atoms with van der Waals surface area (Å²) in [4.78, 5) is 48.9. The van der Waals surface area contributed by atoms with Gasteiger partial charge in [0.25, 0.3) is 0 Å². The van der Waals surface area contributed by atoms with Crippen molar-refractivity contribution in [3.8, 4) is 0 Å². The number of amides is 1. The SMILES string of the molecule is CC(C)(C)C(=O)Nc1ccc(C(=O)COC(=O)C2C[C@H]3CCC[C@H](C2)C3=O)cc1. The molecule has 0 aliphatic heterocycles. The highest BCUT2D eigenvalue weighted by Crippen LogP contribution is 2.40. The van der Waals surface area contributed by atoms with Gasteiger partial charge in [0.1, 0.15) is 5.78 Å². The molecule has 1 aromatic rings. The standard InChI is InChI=1S/C23H29NO5/c1-23(2,3)22(28)24-18-9-7-14(8-10-18)19(25)13-29-21(27)17-11-15-5-4-6-16(12-17)20(15)26/h7-10,15-17H,4-6,11-13H2,1-3H3,(H,24,28)/t15-,16-/m1/s1. The number of rotatable bonds is 5. The minimum Gasteiger partial charge on any atom is -0.457 e. The van der Waals surface area contributed by atoms with Crippen LogP contribution in [0.5, 0.6) is 0 Å². The number of anilines is 1. The van der Waals surface area contributed by atoms with E-state index in [-0.39, 0.29) is 42.0 Å². The number of benzene rings is 1. The van der Waals surface area contributed by atoms with E-state index < -0.39 is 5.41 Å². The van der Waals surface area contributed by atoms with Crippen LogP contribution in [0.15, 0.2) is 24.3 Å². The Bertz CT molecular complexity index is 790. The van der Waals surface area contributed by atoms with Crippen LogP contribution in [0.4, 0.5) is 5.69 Å². The van der Waals surface area contributed by atoms with E-state index in [1.54, 1.807) is 24.3 Å². The van der Waals surface area contributed by atoms with Gasteiger partial charge < -0.3 is 10.1 Å². The molecule has 1 aromatic carbocycles. The largest absolute Gasteiger partial charge is 0.457 e. The fourth-order valence-corrected chi connectivity index (χ4v) is 4.07. The molecule has 0 aromatic heterocycles. The zero-order chi connectivity index (χ0) is 21.2. The van der Waals surface area contributed by atoms with Gasteiger partial charge in [-0.15, -0.1) is 0 Å². The van der Waals surface area contributed by atoms with Crippen LogP contribution in [0.1, 0.15) is 63.2 Å². The van der Waals surface area contributed by atoms with E-state index in [0.29, 0.717) is 29.9 Å². The third-order valence-electron chi connectivity index (χ3n) is 5.87. The van der Waals surface area contributed by atoms with Gasteiger partial charge in [-0.2, -0.15) is 0 Å². The molecule has 0 saturated heterocycles. The molecule has 2 fully saturated rings. The first-order valence-corrected chi connectivity index (χ1v) is 10.3. The van der Waals surface area contributed by atoms with Crippen LogP contribution in [-0.4, -0.2) is 30.0 Å². The average molecular weight is 399 g/mol. The molecule has 1 N–H and O–H groups in total. The number of ketones is 2. The van der Waals surface area contributed by atoms with Crippen LogP contribution in [0, 0.1) is 23.2 Å². The zero-order valence-electron chi connectivity index (χ0n) is 17.3. The smallest absolute Gasteiger partial charge is 0.309 e. The summed E-state index contributed by atoms with van der Waals surface area (Å²) in [5.41, 5.74) is 0.518. The first kappa shape index (κ1) is 21.2. The van der Waals surface area contributed by atoms with Gasteiger partial charge in [-0.1, -0.05) is 27.2 Å². The molecule has 29 heavy (non-hydrogen) atoms. The Morgan fingerprint density at radius 3 is 2.17 bits per heavy atom. The van der Waals surface area contributed by atoms with E-state index in [0.717, 1.165) is 19.3 Å². The van der Waals surface area contributed by atoms with Crippen molar-refractivity contribution < 1.29 is 23.9 Å². The number of carbonyl (C=O) groups is 4. The summed E-state index contributed by atoms with van der Waals surface area (Å²) in [6.45, 7) is 5.16. The molecule has 3 rings (SSSR count). The molecule has 0 heterocycles. The molecule has 2 aliphatic rings. The van der Waals surface area contributed by atoms with E-state index in [1.807, 2.05) is 20.8 Å². The third-order valence-corrected chi connectivity index (χ3v) is 5.87. The second-order valence-corrected chi connectivity index (χ2v) is 9.21. The fourth-order valence-electron chi connectivity index (χ4n) is 4.07. The maximum atomic E-state index is 12.4. The minimum absolute atomic E-state index is 0.0217. The van der Waals surface area contributed by atoms with Crippen molar-refractivity contribution in [2.75, 3.05) is 11.9 Å². The highest BCUT2D eigenvalue weighted by molar-refractivity contribution is 5.99. The lowest BCUT2D eigenvalue weighted by Gasteiger charge is -2.36. The van der Waals surface area contributed by atoms with Gasteiger partial charge in [-0.05, 0) is 49.9 Å². The highest BCUT2D eigenvalue weighted by atomic mass is 16.5. The first-order chi connectivity index (χ1) is 13.6. The zero-order valence-corrected chi connectivity index (χ0v) is 17.3. The number of hydrogen-bond acceptors (Lipinski definition) is 5. The molecule has 0 radical (unpaired) electrons. The molecule has 6 heteroatoms. The van der Waals surface area contributed by atoms with Crippen molar-refractivity contribution in [3.63, 3.8) is 0 Å². The Balaban J connectivity index is 1.51. The number of ether oxygens (including phenoxy) is 1. The number of fused-ring (bicyclic) bond motifs is 2. The van der Waals surface area contributed by atoms with Crippen LogP contribution in [0.25, 0.3) is 0 Å². The highest BCUT2D eigenvalue weighted by Gasteiger charge is 2.41. The molecule has 2 atom stereocenters. The maximum Gasteiger partial charge on any atom is 0.309 e. The molecule has 2 bridgehead atoms. The second-order valence-electron chi connectivity index (χ2n) is 9.21. The Kier molecular flexibility index (Phi) is 6.20. The summed E-state index contributed by atoms with van der Waals surface area (Å²) in [5.74, 6) is -0.809. The maximum absolute atomic E-state index is 12.4. The van der Waals surface area contributed by atoms with Crippen LogP contribution in [0.3, 0.4) is 0 Å². The Morgan fingerprint density at radius 2 is 1.62 bits per heavy atom. The molecule has 0 unspecified atom stereocenters. The summed E-state index contributed by atoms with van der Waals surface area (Å²) in [6.07, 6.45) is 3.86. The van der Waals surface area contributed by atoms with Gasteiger partial charge in [0, 0.05) is 28.5 Å². The summed E-state index contributed by atoms with van der Waals surface area (Å²) in [5, 5.41) is 2.80. The van der Waals surface area contributed by atoms with E-state index >= 15 is 0 Å². The molecule has 2 saturated carbocycles. The van der Waals surface area contributed by atoms with Crippen molar-refractivity contribution in [1.29, 1.82) is 0 Å². The quantitative estimate of drug-likeness (QED) is 0.601. The molecular weight excluding hydrogens is 370 g/mol. The third kappa shape index (κ3) is 5.11. The van der Waals surface area contributed by atoms with Crippen LogP contribution in [-0.2, 0) is 19.1 Å². The monoisotopic (exact) mass is 399 g/mol. The summed E-state index contributed by atoms with van der Waals surface area (Å²) in [6, 6.07) is 6.54. The number of nitrogens with one attached hydrogen (secondary N) is 1.